The van der Waals surface area contributed by atoms with Gasteiger partial charge in [-0.15, -0.1) is 0 Å². The Morgan fingerprint density at radius 1 is 1.25 bits per heavy atom. The number of carbonyl (C=O) groups excluding carboxylic acids is 1. The third-order valence-electron chi connectivity index (χ3n) is 2.63. The van der Waals surface area contributed by atoms with Crippen LogP contribution in [0.15, 0.2) is 34.7 Å². The maximum atomic E-state index is 12.2. The molecule has 0 saturated heterocycles. The first-order chi connectivity index (χ1) is 9.14. The normalized spacial score (nSPS) is 11.3. The van der Waals surface area contributed by atoms with E-state index in [0.717, 1.165) is 9.88 Å². The van der Waals surface area contributed by atoms with Gasteiger partial charge in [-0.05, 0) is 38.5 Å². The lowest BCUT2D eigenvalue weighted by molar-refractivity contribution is -0.111. The molecule has 0 aliphatic heterocycles. The second kappa shape index (κ2) is 6.19. The first-order valence-electron chi connectivity index (χ1n) is 6.13. The van der Waals surface area contributed by atoms with Crippen molar-refractivity contribution in [3.05, 3.63) is 35.4 Å². The van der Waals surface area contributed by atoms with Crippen molar-refractivity contribution in [1.29, 1.82) is 0 Å². The fourth-order valence-corrected chi connectivity index (χ4v) is 2.74. The number of allylic oxidation sites excluding steroid dienone is 1. The molecule has 1 amide bonds. The molecule has 1 aromatic rings. The number of hydrogen-bond acceptors (Lipinski definition) is 3. The number of hydrogen-bond donors (Lipinski definition) is 1. The van der Waals surface area contributed by atoms with Gasteiger partial charge < -0.3 is 5.32 Å². The topological polar surface area (TPSA) is 66.5 Å². The molecule has 0 radical (unpaired) electrons. The van der Waals surface area contributed by atoms with Crippen molar-refractivity contribution in [1.82, 2.24) is 4.31 Å². The quantitative estimate of drug-likeness (QED) is 0.866. The molecule has 0 spiro atoms. The number of amides is 1. The third kappa shape index (κ3) is 3.91. The number of carbonyl (C=O) groups is 1. The minimum atomic E-state index is -3.52. The van der Waals surface area contributed by atoms with Gasteiger partial charge in [0, 0.05) is 25.9 Å². The summed E-state index contributed by atoms with van der Waals surface area (Å²) >= 11 is 0. The molecular formula is C14H20N2O3S. The summed E-state index contributed by atoms with van der Waals surface area (Å²) in [6.07, 6.45) is 1.46. The Morgan fingerprint density at radius 3 is 2.35 bits per heavy atom. The summed E-state index contributed by atoms with van der Waals surface area (Å²) in [4.78, 5) is 11.8. The number of rotatable bonds is 4. The van der Waals surface area contributed by atoms with Crippen LogP contribution in [-0.4, -0.2) is 32.7 Å². The number of sulfonamides is 1. The van der Waals surface area contributed by atoms with Crippen LogP contribution >= 0.6 is 0 Å². The second-order valence-electron chi connectivity index (χ2n) is 4.98. The molecule has 1 rings (SSSR count). The Bertz CT molecular complexity index is 642. The van der Waals surface area contributed by atoms with Crippen molar-refractivity contribution >= 4 is 21.6 Å². The number of anilines is 1. The van der Waals surface area contributed by atoms with E-state index in [1.807, 2.05) is 13.8 Å². The van der Waals surface area contributed by atoms with E-state index < -0.39 is 10.0 Å². The van der Waals surface area contributed by atoms with Gasteiger partial charge in [0.2, 0.25) is 15.9 Å². The Labute approximate surface area is 120 Å². The van der Waals surface area contributed by atoms with Crippen molar-refractivity contribution in [3.63, 3.8) is 0 Å². The summed E-state index contributed by atoms with van der Waals surface area (Å²) in [5, 5.41) is 2.65. The molecule has 0 bridgehead atoms. The van der Waals surface area contributed by atoms with Crippen LogP contribution in [0.1, 0.15) is 19.4 Å². The zero-order valence-electron chi connectivity index (χ0n) is 12.4. The van der Waals surface area contributed by atoms with Crippen LogP contribution < -0.4 is 5.32 Å². The number of nitrogens with one attached hydrogen (secondary N) is 1. The van der Waals surface area contributed by atoms with E-state index in [1.165, 1.54) is 26.2 Å². The molecule has 0 aromatic heterocycles. The molecule has 110 valence electrons. The van der Waals surface area contributed by atoms with Crippen LogP contribution in [0, 0.1) is 6.92 Å². The van der Waals surface area contributed by atoms with Gasteiger partial charge >= 0.3 is 0 Å². The van der Waals surface area contributed by atoms with Gasteiger partial charge in [-0.3, -0.25) is 4.79 Å². The molecule has 0 aliphatic carbocycles. The van der Waals surface area contributed by atoms with Crippen LogP contribution in [0.3, 0.4) is 0 Å². The highest BCUT2D eigenvalue weighted by Crippen LogP contribution is 2.22. The maximum Gasteiger partial charge on any atom is 0.248 e. The fraction of sp³-hybridized carbons (Fsp3) is 0.357. The SMILES string of the molecule is CC(C)=CC(=O)Nc1ccc(C)c(S(=O)(=O)N(C)C)c1. The van der Waals surface area contributed by atoms with E-state index in [-0.39, 0.29) is 10.8 Å². The summed E-state index contributed by atoms with van der Waals surface area (Å²) in [5.41, 5.74) is 1.97. The summed E-state index contributed by atoms with van der Waals surface area (Å²) in [7, 11) is -0.571. The standard InChI is InChI=1S/C14H20N2O3S/c1-10(2)8-14(17)15-12-7-6-11(3)13(9-12)20(18,19)16(4)5/h6-9H,1-5H3,(H,15,17). The summed E-state index contributed by atoms with van der Waals surface area (Å²) in [6, 6.07) is 4.83. The van der Waals surface area contributed by atoms with Crippen LogP contribution in [0.25, 0.3) is 0 Å². The van der Waals surface area contributed by atoms with Crippen molar-refractivity contribution in [2.24, 2.45) is 0 Å². The summed E-state index contributed by atoms with van der Waals surface area (Å²) in [5.74, 6) is -0.276. The minimum absolute atomic E-state index is 0.192. The van der Waals surface area contributed by atoms with Gasteiger partial charge in [0.1, 0.15) is 0 Å². The number of benzene rings is 1. The Hall–Kier alpha value is -1.66. The van der Waals surface area contributed by atoms with E-state index in [1.54, 1.807) is 19.1 Å². The predicted molar refractivity (Wildman–Crippen MR) is 80.1 cm³/mol. The molecule has 0 saturated carbocycles. The zero-order valence-corrected chi connectivity index (χ0v) is 13.2. The summed E-state index contributed by atoms with van der Waals surface area (Å²) in [6.45, 7) is 5.35. The first-order valence-corrected chi connectivity index (χ1v) is 7.57. The lowest BCUT2D eigenvalue weighted by Gasteiger charge is -2.14. The van der Waals surface area contributed by atoms with E-state index in [0.29, 0.717) is 11.3 Å². The molecule has 5 nitrogen and oxygen atoms in total. The molecule has 0 heterocycles. The molecule has 0 unspecified atom stereocenters. The zero-order chi connectivity index (χ0) is 15.5. The van der Waals surface area contributed by atoms with Crippen molar-refractivity contribution in [2.45, 2.75) is 25.7 Å². The largest absolute Gasteiger partial charge is 0.322 e. The molecular weight excluding hydrogens is 276 g/mol. The molecule has 0 fully saturated rings. The average Bonchev–Trinajstić information content (AvgIpc) is 2.30. The maximum absolute atomic E-state index is 12.2. The van der Waals surface area contributed by atoms with E-state index in [4.69, 9.17) is 0 Å². The van der Waals surface area contributed by atoms with E-state index in [2.05, 4.69) is 5.32 Å². The van der Waals surface area contributed by atoms with Gasteiger partial charge in [-0.2, -0.15) is 0 Å². The molecule has 6 heteroatoms. The molecule has 1 aromatic carbocycles. The molecule has 1 N–H and O–H groups in total. The van der Waals surface area contributed by atoms with Gasteiger partial charge in [-0.1, -0.05) is 11.6 Å². The summed E-state index contributed by atoms with van der Waals surface area (Å²) < 4.78 is 25.5. The van der Waals surface area contributed by atoms with Crippen LogP contribution in [-0.2, 0) is 14.8 Å². The Morgan fingerprint density at radius 2 is 1.85 bits per heavy atom. The first kappa shape index (κ1) is 16.4. The molecule has 0 atom stereocenters. The van der Waals surface area contributed by atoms with Gasteiger partial charge in [0.05, 0.1) is 4.90 Å². The lowest BCUT2D eigenvalue weighted by Crippen LogP contribution is -2.23. The third-order valence-corrected chi connectivity index (χ3v) is 4.59. The molecule has 0 aliphatic rings. The highest BCUT2D eigenvalue weighted by molar-refractivity contribution is 7.89. The average molecular weight is 296 g/mol. The van der Waals surface area contributed by atoms with E-state index in [9.17, 15) is 13.2 Å². The van der Waals surface area contributed by atoms with Crippen LogP contribution in [0.2, 0.25) is 0 Å². The molecule has 20 heavy (non-hydrogen) atoms. The highest BCUT2D eigenvalue weighted by Gasteiger charge is 2.20. The van der Waals surface area contributed by atoms with Crippen LogP contribution in [0.4, 0.5) is 5.69 Å². The van der Waals surface area contributed by atoms with Crippen molar-refractivity contribution in [2.75, 3.05) is 19.4 Å². The minimum Gasteiger partial charge on any atom is -0.322 e. The van der Waals surface area contributed by atoms with Gasteiger partial charge in [0.15, 0.2) is 0 Å². The number of nitrogens with zero attached hydrogens (tertiary/aromatic N) is 1. The fourth-order valence-electron chi connectivity index (χ4n) is 1.59. The predicted octanol–water partition coefficient (Wildman–Crippen LogP) is 2.15. The number of aryl methyl sites for hydroxylation is 1. The van der Waals surface area contributed by atoms with Gasteiger partial charge in [0.25, 0.3) is 0 Å². The Kier molecular flexibility index (Phi) is 5.08. The smallest absolute Gasteiger partial charge is 0.248 e. The monoisotopic (exact) mass is 296 g/mol. The lowest BCUT2D eigenvalue weighted by atomic mass is 10.2. The Balaban J connectivity index is 3.17. The van der Waals surface area contributed by atoms with Gasteiger partial charge in [-0.25, -0.2) is 12.7 Å². The van der Waals surface area contributed by atoms with Crippen LogP contribution in [0.5, 0.6) is 0 Å². The van der Waals surface area contributed by atoms with Crippen molar-refractivity contribution in [3.8, 4) is 0 Å². The van der Waals surface area contributed by atoms with E-state index >= 15 is 0 Å². The second-order valence-corrected chi connectivity index (χ2v) is 7.10. The highest BCUT2D eigenvalue weighted by atomic mass is 32.2. The van der Waals surface area contributed by atoms with Crippen molar-refractivity contribution < 1.29 is 13.2 Å².